The Morgan fingerprint density at radius 1 is 1.15 bits per heavy atom. The number of pyridine rings is 1. The highest BCUT2D eigenvalue weighted by molar-refractivity contribution is 7.15. The minimum absolute atomic E-state index is 0.103. The molecule has 6 nitrogen and oxygen atoms in total. The summed E-state index contributed by atoms with van der Waals surface area (Å²) in [5.74, 6) is 1.26. The van der Waals surface area contributed by atoms with Gasteiger partial charge in [0.2, 0.25) is 0 Å². The summed E-state index contributed by atoms with van der Waals surface area (Å²) in [6, 6.07) is 18.8. The number of halogens is 1. The summed E-state index contributed by atoms with van der Waals surface area (Å²) in [6.07, 6.45) is 1.20. The zero-order valence-corrected chi connectivity index (χ0v) is 20.3. The third kappa shape index (κ3) is 4.49. The lowest BCUT2D eigenvalue weighted by atomic mass is 10.1. The van der Waals surface area contributed by atoms with E-state index in [0.717, 1.165) is 26.8 Å². The molecule has 8 heteroatoms. The summed E-state index contributed by atoms with van der Waals surface area (Å²) in [5, 5.41) is 1.51. The van der Waals surface area contributed by atoms with E-state index < -0.39 is 6.10 Å². The Bertz CT molecular complexity index is 1330. The van der Waals surface area contributed by atoms with Crippen molar-refractivity contribution in [2.45, 2.75) is 20.0 Å². The molecule has 4 aromatic rings. The number of fused-ring (bicyclic) bond motifs is 1. The maximum atomic E-state index is 13.0. The van der Waals surface area contributed by atoms with Gasteiger partial charge in [-0.05, 0) is 68.4 Å². The van der Waals surface area contributed by atoms with Gasteiger partial charge in [0.1, 0.15) is 23.1 Å². The normalized spacial score (nSPS) is 15.1. The highest BCUT2D eigenvalue weighted by Gasteiger charge is 2.32. The molecule has 1 amide bonds. The predicted molar refractivity (Wildman–Crippen MR) is 135 cm³/mol. The number of aromatic nitrogens is 2. The van der Waals surface area contributed by atoms with E-state index in [0.29, 0.717) is 35.4 Å². The van der Waals surface area contributed by atoms with Crippen LogP contribution >= 0.6 is 22.9 Å². The topological polar surface area (TPSA) is 64.5 Å². The molecule has 2 aromatic carbocycles. The highest BCUT2D eigenvalue weighted by Crippen LogP contribution is 2.39. The number of nitrogens with zero attached hydrogens (tertiary/aromatic N) is 3. The van der Waals surface area contributed by atoms with Gasteiger partial charge >= 0.3 is 0 Å². The summed E-state index contributed by atoms with van der Waals surface area (Å²) in [7, 11) is 0. The van der Waals surface area contributed by atoms with Gasteiger partial charge in [0.25, 0.3) is 5.91 Å². The smallest absolute Gasteiger partial charge is 0.267 e. The van der Waals surface area contributed by atoms with Crippen LogP contribution in [0.5, 0.6) is 11.5 Å². The molecule has 1 atom stereocenters. The number of aryl methyl sites for hydroxylation is 1. The zero-order chi connectivity index (χ0) is 23.7. The van der Waals surface area contributed by atoms with Crippen molar-refractivity contribution in [1.29, 1.82) is 0 Å². The summed E-state index contributed by atoms with van der Waals surface area (Å²) < 4.78 is 11.7. The first-order chi connectivity index (χ1) is 16.5. The molecule has 1 unspecified atom stereocenters. The van der Waals surface area contributed by atoms with Gasteiger partial charge in [-0.2, -0.15) is 0 Å². The quantitative estimate of drug-likeness (QED) is 0.329. The third-order valence-corrected chi connectivity index (χ3v) is 6.76. The molecule has 1 aliphatic heterocycles. The van der Waals surface area contributed by atoms with Gasteiger partial charge in [0, 0.05) is 21.7 Å². The molecular weight excluding hydrogens is 470 g/mol. The van der Waals surface area contributed by atoms with Crippen LogP contribution in [0.2, 0.25) is 5.02 Å². The number of thiazole rings is 1. The number of rotatable bonds is 6. The Morgan fingerprint density at radius 3 is 2.74 bits per heavy atom. The number of anilines is 1. The first-order valence-corrected chi connectivity index (χ1v) is 12.1. The standard InChI is InChI=1S/C26H22ClN3O3S/c1-16-26(31)30(13-14-32-20-9-7-19(27)8-10-20)22-15-18(6-11-23(22)33-16)24-17(2)34-25(29-24)21-5-3-4-12-28-21/h3-12,15-16H,13-14H2,1-2H3. The van der Waals surface area contributed by atoms with Crippen LogP contribution in [0.1, 0.15) is 11.8 Å². The van der Waals surface area contributed by atoms with Gasteiger partial charge in [-0.3, -0.25) is 9.78 Å². The number of benzene rings is 2. The predicted octanol–water partition coefficient (Wildman–Crippen LogP) is 6.03. The number of carbonyl (C=O) groups is 1. The van der Waals surface area contributed by atoms with Crippen molar-refractivity contribution in [2.24, 2.45) is 0 Å². The van der Waals surface area contributed by atoms with Crippen LogP contribution in [0.4, 0.5) is 5.69 Å². The summed E-state index contributed by atoms with van der Waals surface area (Å²) in [4.78, 5) is 25.0. The molecule has 1 aliphatic rings. The third-order valence-electron chi connectivity index (χ3n) is 5.52. The first-order valence-electron chi connectivity index (χ1n) is 10.9. The average Bonchev–Trinajstić information content (AvgIpc) is 3.24. The van der Waals surface area contributed by atoms with Crippen molar-refractivity contribution < 1.29 is 14.3 Å². The van der Waals surface area contributed by atoms with Crippen LogP contribution in [0, 0.1) is 6.92 Å². The summed E-state index contributed by atoms with van der Waals surface area (Å²) in [6.45, 7) is 4.53. The van der Waals surface area contributed by atoms with E-state index in [2.05, 4.69) is 4.98 Å². The second-order valence-electron chi connectivity index (χ2n) is 7.87. The van der Waals surface area contributed by atoms with Crippen LogP contribution in [0.15, 0.2) is 66.9 Å². The van der Waals surface area contributed by atoms with Crippen molar-refractivity contribution >= 4 is 34.5 Å². The Morgan fingerprint density at radius 2 is 1.97 bits per heavy atom. The summed E-state index contributed by atoms with van der Waals surface area (Å²) in [5.41, 5.74) is 3.35. The SMILES string of the molecule is Cc1sc(-c2ccccn2)nc1-c1ccc2c(c1)N(CCOc1ccc(Cl)cc1)C(=O)C(C)O2. The Balaban J connectivity index is 1.42. The molecule has 0 fully saturated rings. The van der Waals surface area contributed by atoms with Crippen LogP contribution in [0.25, 0.3) is 22.0 Å². The minimum Gasteiger partial charge on any atom is -0.492 e. The molecule has 0 saturated heterocycles. The van der Waals surface area contributed by atoms with Gasteiger partial charge in [-0.1, -0.05) is 17.7 Å². The molecule has 0 aliphatic carbocycles. The van der Waals surface area contributed by atoms with Gasteiger partial charge in [0.15, 0.2) is 6.10 Å². The number of amides is 1. The number of ether oxygens (including phenoxy) is 2. The van der Waals surface area contributed by atoms with Crippen LogP contribution in [-0.4, -0.2) is 35.1 Å². The maximum Gasteiger partial charge on any atom is 0.267 e. The fourth-order valence-corrected chi connectivity index (χ4v) is 4.87. The van der Waals surface area contributed by atoms with Crippen molar-refractivity contribution in [2.75, 3.05) is 18.1 Å². The van der Waals surface area contributed by atoms with E-state index in [-0.39, 0.29) is 5.91 Å². The minimum atomic E-state index is -0.564. The van der Waals surface area contributed by atoms with E-state index in [1.54, 1.807) is 41.5 Å². The molecule has 0 bridgehead atoms. The van der Waals surface area contributed by atoms with E-state index in [4.69, 9.17) is 26.1 Å². The monoisotopic (exact) mass is 491 g/mol. The van der Waals surface area contributed by atoms with Crippen molar-refractivity contribution in [3.05, 3.63) is 76.8 Å². The van der Waals surface area contributed by atoms with E-state index in [1.165, 1.54) is 0 Å². The van der Waals surface area contributed by atoms with Crippen molar-refractivity contribution in [1.82, 2.24) is 9.97 Å². The lowest BCUT2D eigenvalue weighted by molar-refractivity contribution is -0.125. The maximum absolute atomic E-state index is 13.0. The van der Waals surface area contributed by atoms with Crippen LogP contribution in [0.3, 0.4) is 0 Å². The number of hydrogen-bond acceptors (Lipinski definition) is 6. The Hall–Kier alpha value is -3.42. The fraction of sp³-hybridized carbons (Fsp3) is 0.192. The van der Waals surface area contributed by atoms with Gasteiger partial charge in [0.05, 0.1) is 23.6 Å². The molecule has 5 rings (SSSR count). The zero-order valence-electron chi connectivity index (χ0n) is 18.7. The first kappa shape index (κ1) is 22.4. The lowest BCUT2D eigenvalue weighted by Gasteiger charge is -2.33. The molecule has 0 N–H and O–H groups in total. The second-order valence-corrected chi connectivity index (χ2v) is 9.51. The molecule has 0 spiro atoms. The van der Waals surface area contributed by atoms with Gasteiger partial charge < -0.3 is 14.4 Å². The molecular formula is C26H22ClN3O3S. The average molecular weight is 492 g/mol. The molecule has 172 valence electrons. The highest BCUT2D eigenvalue weighted by atomic mass is 35.5. The second kappa shape index (κ2) is 9.44. The van der Waals surface area contributed by atoms with E-state index >= 15 is 0 Å². The Labute approximate surface area is 206 Å². The van der Waals surface area contributed by atoms with Gasteiger partial charge in [-0.15, -0.1) is 11.3 Å². The van der Waals surface area contributed by atoms with Gasteiger partial charge in [-0.25, -0.2) is 4.98 Å². The largest absolute Gasteiger partial charge is 0.492 e. The lowest BCUT2D eigenvalue weighted by Crippen LogP contribution is -2.46. The Kier molecular flexibility index (Phi) is 6.22. The van der Waals surface area contributed by atoms with Crippen LogP contribution < -0.4 is 14.4 Å². The number of hydrogen-bond donors (Lipinski definition) is 0. The molecule has 2 aromatic heterocycles. The molecule has 34 heavy (non-hydrogen) atoms. The van der Waals surface area contributed by atoms with Crippen molar-refractivity contribution in [3.8, 4) is 33.5 Å². The number of carbonyl (C=O) groups excluding carboxylic acids is 1. The van der Waals surface area contributed by atoms with E-state index in [9.17, 15) is 4.79 Å². The molecule has 3 heterocycles. The van der Waals surface area contributed by atoms with E-state index in [1.807, 2.05) is 55.5 Å². The van der Waals surface area contributed by atoms with Crippen molar-refractivity contribution in [3.63, 3.8) is 0 Å². The summed E-state index contributed by atoms with van der Waals surface area (Å²) >= 11 is 7.54. The fourth-order valence-electron chi connectivity index (χ4n) is 3.83. The molecule has 0 radical (unpaired) electrons. The molecule has 0 saturated carbocycles. The van der Waals surface area contributed by atoms with Crippen LogP contribution in [-0.2, 0) is 4.79 Å².